The van der Waals surface area contributed by atoms with Gasteiger partial charge in [-0.2, -0.15) is 0 Å². The van der Waals surface area contributed by atoms with E-state index in [1.165, 1.54) is 25.3 Å². The average molecular weight is 278 g/mol. The molecule has 1 rings (SSSR count). The fraction of sp³-hybridized carbons (Fsp3) is 0.417. The summed E-state index contributed by atoms with van der Waals surface area (Å²) in [7, 11) is 1.48. The molecule has 0 unspecified atom stereocenters. The molecule has 1 aromatic carbocycles. The third-order valence-electron chi connectivity index (χ3n) is 2.29. The van der Waals surface area contributed by atoms with Crippen molar-refractivity contribution in [3.05, 3.63) is 29.6 Å². The molecule has 0 aliphatic heterocycles. The fourth-order valence-electron chi connectivity index (χ4n) is 1.44. The number of halogens is 2. The third-order valence-corrected chi connectivity index (χ3v) is 2.29. The van der Waals surface area contributed by atoms with Crippen LogP contribution in [0.15, 0.2) is 18.2 Å². The van der Waals surface area contributed by atoms with Crippen LogP contribution in [0.3, 0.4) is 0 Å². The second kappa shape index (κ2) is 7.89. The van der Waals surface area contributed by atoms with Crippen LogP contribution in [0, 0.1) is 5.82 Å². The molecule has 1 aromatic rings. The molecule has 102 valence electrons. The second-order valence-corrected chi connectivity index (χ2v) is 3.50. The summed E-state index contributed by atoms with van der Waals surface area (Å²) in [4.78, 5) is 11.2. The zero-order valence-electron chi connectivity index (χ0n) is 10.3. The lowest BCUT2D eigenvalue weighted by Gasteiger charge is -2.13. The predicted octanol–water partition coefficient (Wildman–Crippen LogP) is 2.21. The van der Waals surface area contributed by atoms with Gasteiger partial charge in [0, 0.05) is 11.6 Å². The summed E-state index contributed by atoms with van der Waals surface area (Å²) in [5.41, 5.74) is 6.00. The summed E-state index contributed by atoms with van der Waals surface area (Å²) in [6.45, 7) is 1.99. The van der Waals surface area contributed by atoms with Crippen molar-refractivity contribution in [2.45, 2.75) is 19.4 Å². The molecule has 0 amide bonds. The van der Waals surface area contributed by atoms with Crippen LogP contribution in [-0.4, -0.2) is 19.7 Å². The van der Waals surface area contributed by atoms with E-state index in [0.29, 0.717) is 5.75 Å². The molecule has 0 aliphatic carbocycles. The van der Waals surface area contributed by atoms with E-state index in [-0.39, 0.29) is 31.0 Å². The fourth-order valence-corrected chi connectivity index (χ4v) is 1.44. The van der Waals surface area contributed by atoms with Crippen LogP contribution in [0.1, 0.15) is 24.9 Å². The average Bonchev–Trinajstić information content (AvgIpc) is 2.29. The largest absolute Gasteiger partial charge is 0.497 e. The van der Waals surface area contributed by atoms with E-state index in [0.717, 1.165) is 0 Å². The number of carbonyl (C=O) groups is 1. The Morgan fingerprint density at radius 2 is 2.17 bits per heavy atom. The maximum Gasteiger partial charge on any atom is 0.307 e. The molecule has 0 saturated carbocycles. The first-order chi connectivity index (χ1) is 8.08. The number of esters is 1. The minimum absolute atomic E-state index is 0. The van der Waals surface area contributed by atoms with Crippen LogP contribution < -0.4 is 10.5 Å². The first kappa shape index (κ1) is 16.7. The predicted molar refractivity (Wildman–Crippen MR) is 68.4 cm³/mol. The molecule has 0 aromatic heterocycles. The number of hydrogen-bond acceptors (Lipinski definition) is 4. The number of benzene rings is 1. The smallest absolute Gasteiger partial charge is 0.307 e. The Balaban J connectivity index is 0.00000289. The van der Waals surface area contributed by atoms with Crippen LogP contribution >= 0.6 is 12.4 Å². The number of ether oxygens (including phenoxy) is 2. The van der Waals surface area contributed by atoms with Gasteiger partial charge in [0.1, 0.15) is 11.6 Å². The first-order valence-corrected chi connectivity index (χ1v) is 5.33. The maximum absolute atomic E-state index is 13.5. The van der Waals surface area contributed by atoms with Gasteiger partial charge in [0.05, 0.1) is 20.1 Å². The van der Waals surface area contributed by atoms with Crippen LogP contribution in [0.4, 0.5) is 4.39 Å². The maximum atomic E-state index is 13.5. The number of nitrogens with two attached hydrogens (primary N) is 1. The van der Waals surface area contributed by atoms with Gasteiger partial charge in [0.15, 0.2) is 0 Å². The molecule has 1 atom stereocenters. The molecule has 0 spiro atoms. The Bertz CT molecular complexity index is 401. The molecule has 4 nitrogen and oxygen atoms in total. The highest BCUT2D eigenvalue weighted by molar-refractivity contribution is 5.85. The molecule has 0 heterocycles. The molecular weight excluding hydrogens is 261 g/mol. The van der Waals surface area contributed by atoms with Crippen LogP contribution in [0.2, 0.25) is 0 Å². The lowest BCUT2D eigenvalue weighted by atomic mass is 10.0. The van der Waals surface area contributed by atoms with Crippen molar-refractivity contribution in [1.82, 2.24) is 0 Å². The Kier molecular flexibility index (Phi) is 7.31. The number of methoxy groups -OCH3 is 1. The molecule has 6 heteroatoms. The normalized spacial score (nSPS) is 11.3. The summed E-state index contributed by atoms with van der Waals surface area (Å²) in [5, 5.41) is 0. The van der Waals surface area contributed by atoms with Crippen molar-refractivity contribution in [1.29, 1.82) is 0 Å². The topological polar surface area (TPSA) is 61.5 Å². The highest BCUT2D eigenvalue weighted by Crippen LogP contribution is 2.23. The summed E-state index contributed by atoms with van der Waals surface area (Å²) in [5.74, 6) is -0.398. The summed E-state index contributed by atoms with van der Waals surface area (Å²) >= 11 is 0. The quantitative estimate of drug-likeness (QED) is 0.838. The van der Waals surface area contributed by atoms with Crippen LogP contribution in [0.5, 0.6) is 5.75 Å². The number of hydrogen-bond donors (Lipinski definition) is 1. The van der Waals surface area contributed by atoms with E-state index in [1.54, 1.807) is 6.92 Å². The highest BCUT2D eigenvalue weighted by atomic mass is 35.5. The summed E-state index contributed by atoms with van der Waals surface area (Å²) in [6.07, 6.45) is -0.0576. The van der Waals surface area contributed by atoms with Crippen molar-refractivity contribution in [3.8, 4) is 5.75 Å². The van der Waals surface area contributed by atoms with Crippen LogP contribution in [-0.2, 0) is 9.53 Å². The molecule has 0 bridgehead atoms. The van der Waals surface area contributed by atoms with Gasteiger partial charge in [-0.25, -0.2) is 4.39 Å². The minimum Gasteiger partial charge on any atom is -0.497 e. The second-order valence-electron chi connectivity index (χ2n) is 3.50. The zero-order valence-corrected chi connectivity index (χ0v) is 11.1. The van der Waals surface area contributed by atoms with Crippen molar-refractivity contribution in [2.24, 2.45) is 5.73 Å². The zero-order chi connectivity index (χ0) is 12.8. The van der Waals surface area contributed by atoms with Gasteiger partial charge in [-0.15, -0.1) is 12.4 Å². The number of carbonyl (C=O) groups excluding carboxylic acids is 1. The Hall–Kier alpha value is -1.33. The van der Waals surface area contributed by atoms with E-state index < -0.39 is 17.8 Å². The standard InChI is InChI=1S/C12H16FNO3.ClH/c1-3-17-12(15)7-11(14)9-6-8(16-2)4-5-10(9)13;/h4-6,11H,3,7,14H2,1-2H3;1H/t11-;/m1./s1. The van der Waals surface area contributed by atoms with Gasteiger partial charge in [0.2, 0.25) is 0 Å². The molecule has 0 fully saturated rings. The lowest BCUT2D eigenvalue weighted by molar-refractivity contribution is -0.143. The van der Waals surface area contributed by atoms with E-state index in [9.17, 15) is 9.18 Å². The molecular formula is C12H17ClFNO3. The lowest BCUT2D eigenvalue weighted by Crippen LogP contribution is -2.18. The van der Waals surface area contributed by atoms with Gasteiger partial charge in [-0.3, -0.25) is 4.79 Å². The monoisotopic (exact) mass is 277 g/mol. The van der Waals surface area contributed by atoms with E-state index >= 15 is 0 Å². The van der Waals surface area contributed by atoms with Gasteiger partial charge in [0.25, 0.3) is 0 Å². The Labute approximate surface area is 112 Å². The highest BCUT2D eigenvalue weighted by Gasteiger charge is 2.16. The SMILES string of the molecule is CCOC(=O)C[C@@H](N)c1cc(OC)ccc1F.Cl. The van der Waals surface area contributed by atoms with Crippen molar-refractivity contribution < 1.29 is 18.7 Å². The van der Waals surface area contributed by atoms with Gasteiger partial charge >= 0.3 is 5.97 Å². The third kappa shape index (κ3) is 4.50. The molecule has 0 aliphatic rings. The van der Waals surface area contributed by atoms with E-state index in [1.807, 2.05) is 0 Å². The molecule has 2 N–H and O–H groups in total. The van der Waals surface area contributed by atoms with E-state index in [4.69, 9.17) is 15.2 Å². The summed E-state index contributed by atoms with van der Waals surface area (Å²) < 4.78 is 23.2. The van der Waals surface area contributed by atoms with Crippen LogP contribution in [0.25, 0.3) is 0 Å². The van der Waals surface area contributed by atoms with Crippen molar-refractivity contribution >= 4 is 18.4 Å². The van der Waals surface area contributed by atoms with E-state index in [2.05, 4.69) is 0 Å². The molecule has 18 heavy (non-hydrogen) atoms. The minimum atomic E-state index is -0.732. The molecule has 0 saturated heterocycles. The Morgan fingerprint density at radius 1 is 1.50 bits per heavy atom. The van der Waals surface area contributed by atoms with Gasteiger partial charge < -0.3 is 15.2 Å². The van der Waals surface area contributed by atoms with Gasteiger partial charge in [-0.1, -0.05) is 0 Å². The number of rotatable bonds is 5. The first-order valence-electron chi connectivity index (χ1n) is 5.33. The van der Waals surface area contributed by atoms with Crippen molar-refractivity contribution in [3.63, 3.8) is 0 Å². The van der Waals surface area contributed by atoms with Crippen molar-refractivity contribution in [2.75, 3.05) is 13.7 Å². The Morgan fingerprint density at radius 3 is 2.72 bits per heavy atom. The summed E-state index contributed by atoms with van der Waals surface area (Å²) in [6, 6.07) is 3.51. The van der Waals surface area contributed by atoms with Gasteiger partial charge in [-0.05, 0) is 25.1 Å². The molecule has 0 radical (unpaired) electrons.